The SMILES string of the molecule is CCCn1nccc1C(NN)c1ccc(F)cc1. The molecule has 18 heavy (non-hydrogen) atoms. The van der Waals surface area contributed by atoms with Gasteiger partial charge in [0, 0.05) is 12.7 Å². The summed E-state index contributed by atoms with van der Waals surface area (Å²) in [4.78, 5) is 0. The van der Waals surface area contributed by atoms with Gasteiger partial charge in [-0.2, -0.15) is 5.10 Å². The van der Waals surface area contributed by atoms with Crippen molar-refractivity contribution in [2.45, 2.75) is 25.9 Å². The second-order valence-corrected chi connectivity index (χ2v) is 4.13. The molecule has 5 heteroatoms. The molecule has 96 valence electrons. The molecule has 0 spiro atoms. The molecule has 1 unspecified atom stereocenters. The minimum Gasteiger partial charge on any atom is -0.271 e. The van der Waals surface area contributed by atoms with Gasteiger partial charge in [-0.3, -0.25) is 10.5 Å². The van der Waals surface area contributed by atoms with Crippen molar-refractivity contribution < 1.29 is 4.39 Å². The van der Waals surface area contributed by atoms with Gasteiger partial charge in [0.15, 0.2) is 0 Å². The van der Waals surface area contributed by atoms with Crippen molar-refractivity contribution in [3.8, 4) is 0 Å². The Morgan fingerprint density at radius 3 is 2.67 bits per heavy atom. The average molecular weight is 248 g/mol. The number of hydrazine groups is 1. The quantitative estimate of drug-likeness (QED) is 0.628. The van der Waals surface area contributed by atoms with E-state index in [1.165, 1.54) is 12.1 Å². The van der Waals surface area contributed by atoms with Crippen LogP contribution in [0, 0.1) is 5.82 Å². The van der Waals surface area contributed by atoms with Gasteiger partial charge in [-0.15, -0.1) is 0 Å². The fourth-order valence-electron chi connectivity index (χ4n) is 1.99. The summed E-state index contributed by atoms with van der Waals surface area (Å²) in [7, 11) is 0. The molecule has 0 aliphatic heterocycles. The number of rotatable bonds is 5. The lowest BCUT2D eigenvalue weighted by Gasteiger charge is -2.18. The molecule has 1 aromatic carbocycles. The van der Waals surface area contributed by atoms with Gasteiger partial charge in [0.1, 0.15) is 5.82 Å². The first kappa shape index (κ1) is 12.7. The Hall–Kier alpha value is -1.72. The molecule has 1 aromatic heterocycles. The standard InChI is InChI=1S/C13H17FN4/c1-2-9-18-12(7-8-16-18)13(17-15)10-3-5-11(14)6-4-10/h3-8,13,17H,2,9,15H2,1H3. The van der Waals surface area contributed by atoms with Crippen molar-refractivity contribution in [3.05, 3.63) is 53.6 Å². The van der Waals surface area contributed by atoms with Crippen LogP contribution in [0.1, 0.15) is 30.6 Å². The second-order valence-electron chi connectivity index (χ2n) is 4.13. The number of hydrogen-bond acceptors (Lipinski definition) is 3. The van der Waals surface area contributed by atoms with Crippen molar-refractivity contribution in [2.75, 3.05) is 0 Å². The lowest BCUT2D eigenvalue weighted by atomic mass is 10.0. The molecule has 3 N–H and O–H groups in total. The molecule has 0 radical (unpaired) electrons. The van der Waals surface area contributed by atoms with E-state index >= 15 is 0 Å². The monoisotopic (exact) mass is 248 g/mol. The minimum absolute atomic E-state index is 0.181. The number of aryl methyl sites for hydroxylation is 1. The lowest BCUT2D eigenvalue weighted by molar-refractivity contribution is 0.520. The molecule has 0 fully saturated rings. The van der Waals surface area contributed by atoms with Gasteiger partial charge in [-0.05, 0) is 30.2 Å². The summed E-state index contributed by atoms with van der Waals surface area (Å²) >= 11 is 0. The molecule has 1 heterocycles. The number of nitrogens with one attached hydrogen (secondary N) is 1. The first-order valence-electron chi connectivity index (χ1n) is 5.99. The second kappa shape index (κ2) is 5.75. The van der Waals surface area contributed by atoms with Crippen molar-refractivity contribution in [1.29, 1.82) is 0 Å². The molecular weight excluding hydrogens is 231 g/mol. The third-order valence-electron chi connectivity index (χ3n) is 2.85. The molecule has 1 atom stereocenters. The molecule has 0 aliphatic rings. The van der Waals surface area contributed by atoms with Gasteiger partial charge >= 0.3 is 0 Å². The maximum atomic E-state index is 12.9. The van der Waals surface area contributed by atoms with Crippen molar-refractivity contribution in [2.24, 2.45) is 5.84 Å². The van der Waals surface area contributed by atoms with Crippen LogP contribution >= 0.6 is 0 Å². The molecule has 4 nitrogen and oxygen atoms in total. The number of benzene rings is 1. The predicted octanol–water partition coefficient (Wildman–Crippen LogP) is 1.98. The first-order valence-corrected chi connectivity index (χ1v) is 5.99. The Morgan fingerprint density at radius 2 is 2.06 bits per heavy atom. The normalized spacial score (nSPS) is 12.6. The molecule has 0 amide bonds. The van der Waals surface area contributed by atoms with Crippen LogP contribution < -0.4 is 11.3 Å². The van der Waals surface area contributed by atoms with E-state index in [1.54, 1.807) is 18.3 Å². The van der Waals surface area contributed by atoms with Gasteiger partial charge in [-0.1, -0.05) is 19.1 Å². The zero-order valence-electron chi connectivity index (χ0n) is 10.3. The number of halogens is 1. The van der Waals surface area contributed by atoms with Crippen LogP contribution in [0.15, 0.2) is 36.5 Å². The van der Waals surface area contributed by atoms with Crippen LogP contribution in [0.4, 0.5) is 4.39 Å². The summed E-state index contributed by atoms with van der Waals surface area (Å²) in [5.41, 5.74) is 4.65. The van der Waals surface area contributed by atoms with Crippen LogP contribution in [0.25, 0.3) is 0 Å². The Bertz CT molecular complexity index is 492. The Morgan fingerprint density at radius 1 is 1.33 bits per heavy atom. The van der Waals surface area contributed by atoms with E-state index < -0.39 is 0 Å². The first-order chi connectivity index (χ1) is 8.76. The maximum absolute atomic E-state index is 12.9. The summed E-state index contributed by atoms with van der Waals surface area (Å²) < 4.78 is 14.8. The molecule has 2 rings (SSSR count). The Labute approximate surface area is 106 Å². The molecule has 0 saturated heterocycles. The summed E-state index contributed by atoms with van der Waals surface area (Å²) in [5.74, 6) is 5.36. The third-order valence-corrected chi connectivity index (χ3v) is 2.85. The van der Waals surface area contributed by atoms with Crippen molar-refractivity contribution in [3.63, 3.8) is 0 Å². The number of nitrogens with zero attached hydrogens (tertiary/aromatic N) is 2. The molecule has 0 saturated carbocycles. The van der Waals surface area contributed by atoms with Gasteiger partial charge in [0.25, 0.3) is 0 Å². The van der Waals surface area contributed by atoms with Crippen LogP contribution in [0.3, 0.4) is 0 Å². The largest absolute Gasteiger partial charge is 0.271 e. The molecule has 2 aromatic rings. The summed E-state index contributed by atoms with van der Waals surface area (Å²) in [6.07, 6.45) is 2.74. The smallest absolute Gasteiger partial charge is 0.123 e. The molecule has 0 aliphatic carbocycles. The number of hydrogen-bond donors (Lipinski definition) is 2. The van der Waals surface area contributed by atoms with E-state index in [9.17, 15) is 4.39 Å². The highest BCUT2D eigenvalue weighted by Crippen LogP contribution is 2.21. The van der Waals surface area contributed by atoms with E-state index in [1.807, 2.05) is 10.7 Å². The molecule has 0 bridgehead atoms. The summed E-state index contributed by atoms with van der Waals surface area (Å²) in [6, 6.07) is 8.05. The Balaban J connectivity index is 2.32. The highest BCUT2D eigenvalue weighted by molar-refractivity contribution is 5.27. The highest BCUT2D eigenvalue weighted by Gasteiger charge is 2.16. The number of nitrogens with two attached hydrogens (primary N) is 1. The zero-order valence-corrected chi connectivity index (χ0v) is 10.3. The van der Waals surface area contributed by atoms with Gasteiger partial charge < -0.3 is 0 Å². The third kappa shape index (κ3) is 2.57. The highest BCUT2D eigenvalue weighted by atomic mass is 19.1. The fourth-order valence-corrected chi connectivity index (χ4v) is 1.99. The van der Waals surface area contributed by atoms with E-state index in [0.717, 1.165) is 24.2 Å². The van der Waals surface area contributed by atoms with Gasteiger partial charge in [0.2, 0.25) is 0 Å². The topological polar surface area (TPSA) is 55.9 Å². The average Bonchev–Trinajstić information content (AvgIpc) is 2.82. The van der Waals surface area contributed by atoms with Crippen molar-refractivity contribution in [1.82, 2.24) is 15.2 Å². The van der Waals surface area contributed by atoms with Crippen LogP contribution in [0.5, 0.6) is 0 Å². The Kier molecular flexibility index (Phi) is 4.07. The van der Waals surface area contributed by atoms with E-state index in [0.29, 0.717) is 0 Å². The summed E-state index contributed by atoms with van der Waals surface area (Å²) in [6.45, 7) is 2.93. The predicted molar refractivity (Wildman–Crippen MR) is 68.1 cm³/mol. The van der Waals surface area contributed by atoms with Crippen LogP contribution in [-0.2, 0) is 6.54 Å². The number of aromatic nitrogens is 2. The lowest BCUT2D eigenvalue weighted by Crippen LogP contribution is -2.30. The van der Waals surface area contributed by atoms with Gasteiger partial charge in [0.05, 0.1) is 11.7 Å². The van der Waals surface area contributed by atoms with Crippen LogP contribution in [0.2, 0.25) is 0 Å². The zero-order chi connectivity index (χ0) is 13.0. The van der Waals surface area contributed by atoms with E-state index in [-0.39, 0.29) is 11.9 Å². The maximum Gasteiger partial charge on any atom is 0.123 e. The van der Waals surface area contributed by atoms with Gasteiger partial charge in [-0.25, -0.2) is 9.82 Å². The summed E-state index contributed by atoms with van der Waals surface area (Å²) in [5, 5.41) is 4.26. The molecular formula is C13H17FN4. The fraction of sp³-hybridized carbons (Fsp3) is 0.308. The van der Waals surface area contributed by atoms with E-state index in [2.05, 4.69) is 17.4 Å². The van der Waals surface area contributed by atoms with E-state index in [4.69, 9.17) is 5.84 Å². The van der Waals surface area contributed by atoms with Crippen molar-refractivity contribution >= 4 is 0 Å². The minimum atomic E-state index is -0.253. The van der Waals surface area contributed by atoms with Crippen LogP contribution in [-0.4, -0.2) is 9.78 Å².